The Balaban J connectivity index is 1.47. The number of aliphatic hydroxyl groups is 1. The van der Waals surface area contributed by atoms with Gasteiger partial charge in [-0.05, 0) is 44.3 Å². The van der Waals surface area contributed by atoms with Crippen molar-refractivity contribution in [1.82, 2.24) is 20.4 Å². The van der Waals surface area contributed by atoms with E-state index >= 15 is 0 Å². The van der Waals surface area contributed by atoms with Crippen LogP contribution >= 0.6 is 0 Å². The third-order valence-corrected chi connectivity index (χ3v) is 5.84. The molecular formula is C23H34N6O2. The molecule has 0 radical (unpaired) electrons. The van der Waals surface area contributed by atoms with E-state index in [0.717, 1.165) is 39.0 Å². The highest BCUT2D eigenvalue weighted by Crippen LogP contribution is 2.18. The van der Waals surface area contributed by atoms with Crippen molar-refractivity contribution in [3.8, 4) is 0 Å². The second-order valence-electron chi connectivity index (χ2n) is 8.31. The van der Waals surface area contributed by atoms with Crippen molar-refractivity contribution in [2.24, 2.45) is 9.98 Å². The zero-order chi connectivity index (χ0) is 22.2. The van der Waals surface area contributed by atoms with E-state index in [1.54, 1.807) is 13.1 Å². The molecule has 3 N–H and O–H groups in total. The first-order valence-corrected chi connectivity index (χ1v) is 10.8. The Bertz CT molecular complexity index is 837. The van der Waals surface area contributed by atoms with Gasteiger partial charge in [-0.2, -0.15) is 0 Å². The highest BCUT2D eigenvalue weighted by atomic mass is 16.3. The van der Waals surface area contributed by atoms with E-state index in [1.165, 1.54) is 11.1 Å². The molecule has 0 spiro atoms. The summed E-state index contributed by atoms with van der Waals surface area (Å²) >= 11 is 0. The molecule has 1 saturated heterocycles. The predicted octanol–water partition coefficient (Wildman–Crippen LogP) is 0.428. The molecule has 0 bridgehead atoms. The Labute approximate surface area is 184 Å². The molecule has 1 amide bonds. The summed E-state index contributed by atoms with van der Waals surface area (Å²) in [4.78, 5) is 25.1. The summed E-state index contributed by atoms with van der Waals surface area (Å²) < 4.78 is 0. The zero-order valence-corrected chi connectivity index (χ0v) is 18.5. The molecule has 2 heterocycles. The maximum atomic E-state index is 12.5. The van der Waals surface area contributed by atoms with Crippen LogP contribution in [0.15, 0.2) is 46.0 Å². The van der Waals surface area contributed by atoms with Crippen LogP contribution in [-0.2, 0) is 17.8 Å². The van der Waals surface area contributed by atoms with E-state index in [2.05, 4.69) is 62.4 Å². The highest BCUT2D eigenvalue weighted by molar-refractivity contribution is 6.03. The second kappa shape index (κ2) is 11.2. The van der Waals surface area contributed by atoms with E-state index in [0.29, 0.717) is 18.4 Å². The van der Waals surface area contributed by atoms with Gasteiger partial charge >= 0.3 is 0 Å². The van der Waals surface area contributed by atoms with Crippen molar-refractivity contribution in [1.29, 1.82) is 0 Å². The number of aliphatic imine (C=N–C) groups is 2. The van der Waals surface area contributed by atoms with Gasteiger partial charge in [0.05, 0.1) is 6.10 Å². The van der Waals surface area contributed by atoms with Gasteiger partial charge in [-0.3, -0.25) is 19.7 Å². The van der Waals surface area contributed by atoms with Crippen LogP contribution in [0.25, 0.3) is 0 Å². The normalized spacial score (nSPS) is 21.5. The summed E-state index contributed by atoms with van der Waals surface area (Å²) in [5, 5.41) is 16.5. The summed E-state index contributed by atoms with van der Waals surface area (Å²) in [6, 6.07) is 8.70. The van der Waals surface area contributed by atoms with E-state index < -0.39 is 6.10 Å². The number of hydrogen-bond donors (Lipinski definition) is 3. The number of carbonyl (C=O) groups is 1. The molecule has 1 unspecified atom stereocenters. The van der Waals surface area contributed by atoms with Gasteiger partial charge in [0.2, 0.25) is 0 Å². The summed E-state index contributed by atoms with van der Waals surface area (Å²) in [7, 11) is 3.76. The number of fused-ring (bicyclic) bond motifs is 1. The van der Waals surface area contributed by atoms with E-state index in [9.17, 15) is 9.90 Å². The van der Waals surface area contributed by atoms with Crippen molar-refractivity contribution in [3.05, 3.63) is 47.2 Å². The molecule has 0 aromatic heterocycles. The van der Waals surface area contributed by atoms with Crippen LogP contribution in [0, 0.1) is 0 Å². The van der Waals surface area contributed by atoms with Crippen molar-refractivity contribution in [3.63, 3.8) is 0 Å². The first kappa shape index (κ1) is 23.1. The van der Waals surface area contributed by atoms with Crippen LogP contribution in [0.3, 0.4) is 0 Å². The molecule has 8 nitrogen and oxygen atoms in total. The second-order valence-corrected chi connectivity index (χ2v) is 8.31. The van der Waals surface area contributed by atoms with Crippen molar-refractivity contribution in [2.45, 2.75) is 31.5 Å². The first-order valence-electron chi connectivity index (χ1n) is 10.8. The lowest BCUT2D eigenvalue weighted by atomic mass is 10.00. The average molecular weight is 427 g/mol. The Morgan fingerprint density at radius 2 is 2.13 bits per heavy atom. The van der Waals surface area contributed by atoms with Gasteiger partial charge in [0.1, 0.15) is 11.5 Å². The highest BCUT2D eigenvalue weighted by Gasteiger charge is 2.21. The monoisotopic (exact) mass is 426 g/mol. The fraction of sp³-hybridized carbons (Fsp3) is 0.522. The third kappa shape index (κ3) is 6.72. The minimum absolute atomic E-state index is 0.156. The van der Waals surface area contributed by atoms with Crippen LogP contribution in [0.1, 0.15) is 17.5 Å². The number of hydrogen-bond acceptors (Lipinski definition) is 6. The fourth-order valence-corrected chi connectivity index (χ4v) is 4.12. The lowest BCUT2D eigenvalue weighted by Crippen LogP contribution is -2.42. The van der Waals surface area contributed by atoms with E-state index in [4.69, 9.17) is 0 Å². The topological polar surface area (TPSA) is 92.6 Å². The Kier molecular flexibility index (Phi) is 8.34. The van der Waals surface area contributed by atoms with Crippen LogP contribution in [0.5, 0.6) is 0 Å². The van der Waals surface area contributed by atoms with Gasteiger partial charge in [-0.1, -0.05) is 24.3 Å². The van der Waals surface area contributed by atoms with Crippen molar-refractivity contribution >= 4 is 18.5 Å². The molecule has 2 atom stereocenters. The van der Waals surface area contributed by atoms with Crippen molar-refractivity contribution < 1.29 is 9.90 Å². The number of β-amino-alcohol motifs (C(OH)–C–C–N with tert-alkyl or cyclic N) is 1. The quantitative estimate of drug-likeness (QED) is 0.319. The Morgan fingerprint density at radius 3 is 2.81 bits per heavy atom. The number of amidine groups is 1. The maximum Gasteiger partial charge on any atom is 0.270 e. The largest absolute Gasteiger partial charge is 0.390 e. The van der Waals surface area contributed by atoms with Crippen LogP contribution in [0.4, 0.5) is 0 Å². The Morgan fingerprint density at radius 1 is 1.35 bits per heavy atom. The lowest BCUT2D eigenvalue weighted by molar-refractivity contribution is -0.118. The van der Waals surface area contributed by atoms with Gasteiger partial charge in [-0.25, -0.2) is 0 Å². The van der Waals surface area contributed by atoms with Gasteiger partial charge in [0.25, 0.3) is 5.91 Å². The number of nitrogens with zero attached hydrogens (tertiary/aromatic N) is 4. The number of amides is 1. The fourth-order valence-electron chi connectivity index (χ4n) is 4.12. The molecule has 3 rings (SSSR count). The van der Waals surface area contributed by atoms with Crippen LogP contribution < -0.4 is 10.6 Å². The van der Waals surface area contributed by atoms with Crippen LogP contribution in [-0.4, -0.2) is 92.3 Å². The Hall–Kier alpha value is -2.55. The molecule has 2 aliphatic heterocycles. The molecule has 1 fully saturated rings. The molecule has 1 aromatic rings. The number of likely N-dealkylation sites (tertiary alicyclic amines) is 1. The minimum atomic E-state index is -0.660. The maximum absolute atomic E-state index is 12.5. The summed E-state index contributed by atoms with van der Waals surface area (Å²) in [6.07, 6.45) is 2.95. The molecule has 2 aliphatic rings. The number of nitrogens with one attached hydrogen (secondary N) is 2. The number of likely N-dealkylation sites (N-methyl/N-ethyl adjacent to an activating group) is 1. The molecule has 1 aromatic carbocycles. The smallest absolute Gasteiger partial charge is 0.270 e. The number of carbonyl (C=O) groups excluding carboxylic acids is 1. The third-order valence-electron chi connectivity index (χ3n) is 5.84. The molecule has 8 heteroatoms. The molecule has 168 valence electrons. The van der Waals surface area contributed by atoms with Crippen molar-refractivity contribution in [2.75, 3.05) is 46.8 Å². The molecule has 31 heavy (non-hydrogen) atoms. The zero-order valence-electron chi connectivity index (χ0n) is 18.5. The van der Waals surface area contributed by atoms with Gasteiger partial charge in [0, 0.05) is 51.9 Å². The molecular weight excluding hydrogens is 392 g/mol. The van der Waals surface area contributed by atoms with E-state index in [1.807, 2.05) is 6.07 Å². The molecule has 0 aliphatic carbocycles. The van der Waals surface area contributed by atoms with Gasteiger partial charge < -0.3 is 20.6 Å². The van der Waals surface area contributed by atoms with Gasteiger partial charge in [-0.15, -0.1) is 0 Å². The van der Waals surface area contributed by atoms with Gasteiger partial charge in [0.15, 0.2) is 0 Å². The predicted molar refractivity (Wildman–Crippen MR) is 124 cm³/mol. The SMILES string of the molecule is C=N/C(=C\C(=NC)NC1CCN(C)C1)C(=O)NC[C@H](O)CN1CCc2ccccc2C1. The number of aliphatic hydroxyl groups excluding tert-OH is 1. The minimum Gasteiger partial charge on any atom is -0.390 e. The average Bonchev–Trinajstić information content (AvgIpc) is 3.19. The lowest BCUT2D eigenvalue weighted by Gasteiger charge is -2.30. The van der Waals surface area contributed by atoms with Crippen LogP contribution in [0.2, 0.25) is 0 Å². The summed E-state index contributed by atoms with van der Waals surface area (Å²) in [6.45, 7) is 7.87. The molecule has 0 saturated carbocycles. The number of rotatable bonds is 8. The summed E-state index contributed by atoms with van der Waals surface area (Å²) in [5.41, 5.74) is 2.86. The standard InChI is InChI=1S/C23H34N6O2/c1-24-21(12-22(25-2)27-19-9-10-28(3)15-19)23(31)26-13-20(30)16-29-11-8-17-6-4-5-7-18(17)14-29/h4-7,12,19-20,30H,1,8-11,13-16H2,2-3H3,(H,25,27)(H,26,31)/b21-12-/t19?,20-/m0/s1. The van der Waals surface area contributed by atoms with E-state index in [-0.39, 0.29) is 18.1 Å². The summed E-state index contributed by atoms with van der Waals surface area (Å²) in [5.74, 6) is 0.231. The first-order chi connectivity index (χ1) is 15.0. The number of benzene rings is 1.